The van der Waals surface area contributed by atoms with Gasteiger partial charge in [-0.25, -0.2) is 23.1 Å². The van der Waals surface area contributed by atoms with Crippen molar-refractivity contribution in [3.63, 3.8) is 0 Å². The lowest BCUT2D eigenvalue weighted by molar-refractivity contribution is 0.149. The van der Waals surface area contributed by atoms with Crippen molar-refractivity contribution in [2.45, 2.75) is 23.8 Å². The molecule has 2 aromatic rings. The second kappa shape index (κ2) is 10.4. The molecule has 28 heavy (non-hydrogen) atoms. The summed E-state index contributed by atoms with van der Waals surface area (Å²) in [5.41, 5.74) is 0.907. The van der Waals surface area contributed by atoms with Crippen molar-refractivity contribution in [1.29, 1.82) is 0 Å². The highest BCUT2D eigenvalue weighted by Crippen LogP contribution is 2.26. The molecule has 1 saturated heterocycles. The maximum absolute atomic E-state index is 13.9. The highest BCUT2D eigenvalue weighted by Gasteiger charge is 2.16. The molecule has 6 nitrogen and oxygen atoms in total. The molecular weight excluding hydrogens is 406 g/mol. The van der Waals surface area contributed by atoms with Gasteiger partial charge in [-0.2, -0.15) is 0 Å². The molecule has 152 valence electrons. The summed E-state index contributed by atoms with van der Waals surface area (Å²) in [6.07, 6.45) is 1.55. The molecule has 0 saturated carbocycles. The number of rotatable bonds is 10. The quantitative estimate of drug-likeness (QED) is 0.303. The summed E-state index contributed by atoms with van der Waals surface area (Å²) < 4.78 is 32.6. The van der Waals surface area contributed by atoms with Crippen LogP contribution in [-0.4, -0.2) is 50.8 Å². The second-order valence-electron chi connectivity index (χ2n) is 6.44. The average Bonchev–Trinajstić information content (AvgIpc) is 2.66. The zero-order valence-electron chi connectivity index (χ0n) is 15.1. The Morgan fingerprint density at radius 2 is 1.96 bits per heavy atom. The number of benzene rings is 1. The fourth-order valence-electron chi connectivity index (χ4n) is 2.47. The van der Waals surface area contributed by atoms with E-state index in [9.17, 15) is 19.0 Å². The number of thioether (sulfide) groups is 1. The van der Waals surface area contributed by atoms with Crippen LogP contribution in [0.15, 0.2) is 29.4 Å². The van der Waals surface area contributed by atoms with Crippen molar-refractivity contribution in [2.75, 3.05) is 31.0 Å². The Labute approximate surface area is 171 Å². The van der Waals surface area contributed by atoms with Gasteiger partial charge in [0.15, 0.2) is 16.8 Å². The number of hydrogen-bond acceptors (Lipinski definition) is 8. The van der Waals surface area contributed by atoms with E-state index in [4.69, 9.17) is 0 Å². The molecule has 0 aliphatic carbocycles. The van der Waals surface area contributed by atoms with Gasteiger partial charge in [0.2, 0.25) is 0 Å². The maximum atomic E-state index is 13.9. The van der Waals surface area contributed by atoms with Gasteiger partial charge in [0.05, 0.1) is 0 Å². The van der Waals surface area contributed by atoms with E-state index in [1.54, 1.807) is 6.07 Å². The summed E-state index contributed by atoms with van der Waals surface area (Å²) in [6.45, 7) is 1.71. The van der Waals surface area contributed by atoms with Crippen LogP contribution in [0.4, 0.5) is 14.6 Å². The van der Waals surface area contributed by atoms with E-state index >= 15 is 0 Å². The number of halogens is 2. The van der Waals surface area contributed by atoms with Gasteiger partial charge in [0, 0.05) is 67.4 Å². The SMILES string of the molecule is OCC(CO)Cc1cc(NSN2CCC2)nc(SCc2cccc(F)c2F)n1. The monoisotopic (exact) mass is 428 g/mol. The highest BCUT2D eigenvalue weighted by atomic mass is 32.2. The van der Waals surface area contributed by atoms with Gasteiger partial charge in [-0.15, -0.1) is 0 Å². The molecule has 0 amide bonds. The number of aliphatic hydroxyl groups excluding tert-OH is 2. The molecule has 10 heteroatoms. The minimum absolute atomic E-state index is 0.150. The molecule has 1 aliphatic rings. The predicted octanol–water partition coefficient (Wildman–Crippen LogP) is 2.87. The third-order valence-electron chi connectivity index (χ3n) is 4.26. The maximum Gasteiger partial charge on any atom is 0.190 e. The summed E-state index contributed by atoms with van der Waals surface area (Å²) in [6, 6.07) is 5.86. The van der Waals surface area contributed by atoms with Crippen LogP contribution in [0.3, 0.4) is 0 Å². The third kappa shape index (κ3) is 5.77. The largest absolute Gasteiger partial charge is 0.396 e. The van der Waals surface area contributed by atoms with Gasteiger partial charge in [0.1, 0.15) is 5.82 Å². The topological polar surface area (TPSA) is 81.5 Å². The minimum atomic E-state index is -0.880. The zero-order chi connectivity index (χ0) is 19.9. The van der Waals surface area contributed by atoms with Crippen LogP contribution in [0.1, 0.15) is 17.7 Å². The first kappa shape index (κ1) is 21.3. The average molecular weight is 429 g/mol. The van der Waals surface area contributed by atoms with E-state index in [1.807, 2.05) is 0 Å². The number of aliphatic hydroxyl groups is 2. The number of aromatic nitrogens is 2. The summed E-state index contributed by atoms with van der Waals surface area (Å²) in [5.74, 6) is -1.27. The first-order valence-corrected chi connectivity index (χ1v) is 10.7. The Hall–Kier alpha value is -1.46. The van der Waals surface area contributed by atoms with Crippen molar-refractivity contribution >= 4 is 29.7 Å². The normalized spacial score (nSPS) is 14.3. The van der Waals surface area contributed by atoms with Crippen LogP contribution in [0.25, 0.3) is 0 Å². The molecule has 0 radical (unpaired) electrons. The van der Waals surface area contributed by atoms with Gasteiger partial charge >= 0.3 is 0 Å². The lowest BCUT2D eigenvalue weighted by Crippen LogP contribution is -2.31. The summed E-state index contributed by atoms with van der Waals surface area (Å²) in [5, 5.41) is 19.1. The number of anilines is 1. The van der Waals surface area contributed by atoms with E-state index in [-0.39, 0.29) is 30.4 Å². The van der Waals surface area contributed by atoms with Crippen molar-refractivity contribution in [2.24, 2.45) is 5.92 Å². The van der Waals surface area contributed by atoms with Gasteiger partial charge in [-0.1, -0.05) is 23.9 Å². The fraction of sp³-hybridized carbons (Fsp3) is 0.444. The van der Waals surface area contributed by atoms with Gasteiger partial charge in [-0.3, -0.25) is 0 Å². The molecule has 1 aliphatic heterocycles. The van der Waals surface area contributed by atoms with Crippen molar-refractivity contribution < 1.29 is 19.0 Å². The fourth-order valence-corrected chi connectivity index (χ4v) is 4.09. The van der Waals surface area contributed by atoms with Crippen molar-refractivity contribution in [3.8, 4) is 0 Å². The highest BCUT2D eigenvalue weighted by molar-refractivity contribution is 7.98. The molecule has 3 rings (SSSR count). The molecule has 0 spiro atoms. The Morgan fingerprint density at radius 3 is 2.64 bits per heavy atom. The van der Waals surface area contributed by atoms with Crippen molar-refractivity contribution in [3.05, 3.63) is 47.2 Å². The molecule has 3 N–H and O–H groups in total. The molecule has 1 aromatic carbocycles. The number of hydrogen-bond donors (Lipinski definition) is 3. The molecule has 1 fully saturated rings. The third-order valence-corrected chi connectivity index (χ3v) is 6.08. The molecule has 0 bridgehead atoms. The van der Waals surface area contributed by atoms with Crippen LogP contribution >= 0.6 is 23.9 Å². The summed E-state index contributed by atoms with van der Waals surface area (Å²) >= 11 is 2.66. The van der Waals surface area contributed by atoms with E-state index in [1.165, 1.54) is 42.4 Å². The van der Waals surface area contributed by atoms with Crippen molar-refractivity contribution in [1.82, 2.24) is 14.3 Å². The number of nitrogens with one attached hydrogen (secondary N) is 1. The predicted molar refractivity (Wildman–Crippen MR) is 107 cm³/mol. The Kier molecular flexibility index (Phi) is 7.86. The van der Waals surface area contributed by atoms with Gasteiger partial charge < -0.3 is 14.9 Å². The van der Waals surface area contributed by atoms with Crippen LogP contribution in [-0.2, 0) is 12.2 Å². The van der Waals surface area contributed by atoms with Gasteiger partial charge in [0.25, 0.3) is 0 Å². The zero-order valence-corrected chi connectivity index (χ0v) is 16.8. The Bertz CT molecular complexity index is 792. The molecule has 1 aromatic heterocycles. The lowest BCUT2D eigenvalue weighted by Gasteiger charge is -2.28. The van der Waals surface area contributed by atoms with E-state index < -0.39 is 11.6 Å². The van der Waals surface area contributed by atoms with E-state index in [0.29, 0.717) is 23.1 Å². The number of nitrogens with zero attached hydrogens (tertiary/aromatic N) is 3. The van der Waals surface area contributed by atoms with E-state index in [2.05, 4.69) is 19.0 Å². The van der Waals surface area contributed by atoms with E-state index in [0.717, 1.165) is 19.2 Å². The van der Waals surface area contributed by atoms with Crippen LogP contribution in [0.2, 0.25) is 0 Å². The summed E-state index contributed by atoms with van der Waals surface area (Å²) in [4.78, 5) is 8.89. The second-order valence-corrected chi connectivity index (χ2v) is 8.29. The van der Waals surface area contributed by atoms with Crippen LogP contribution < -0.4 is 4.72 Å². The van der Waals surface area contributed by atoms with Crippen LogP contribution in [0, 0.1) is 17.6 Å². The molecule has 2 heterocycles. The smallest absolute Gasteiger partial charge is 0.190 e. The standard InChI is InChI=1S/C18H22F2N4O2S2/c19-15-4-1-3-13(17(15)20)11-27-18-21-14(7-12(9-25)10-26)8-16(22-18)23-28-24-5-2-6-24/h1,3-4,8,12,25-26H,2,5-7,9-11H2,(H,21,22,23). The van der Waals surface area contributed by atoms with Gasteiger partial charge in [-0.05, 0) is 18.9 Å². The molecule has 0 unspecified atom stereocenters. The Morgan fingerprint density at radius 1 is 1.18 bits per heavy atom. The summed E-state index contributed by atoms with van der Waals surface area (Å²) in [7, 11) is 0. The Balaban J connectivity index is 1.73. The lowest BCUT2D eigenvalue weighted by atomic mass is 10.1. The first-order chi connectivity index (χ1) is 13.6. The minimum Gasteiger partial charge on any atom is -0.396 e. The molecular formula is C18H22F2N4O2S2. The molecule has 0 atom stereocenters. The first-order valence-electron chi connectivity index (χ1n) is 8.92. The van der Waals surface area contributed by atoms with Crippen LogP contribution in [0.5, 0.6) is 0 Å².